The Kier molecular flexibility index (Phi) is 9.31. The minimum absolute atomic E-state index is 0.253. The lowest BCUT2D eigenvalue weighted by Crippen LogP contribution is -2.45. The lowest BCUT2D eigenvalue weighted by Gasteiger charge is -2.24. The van der Waals surface area contributed by atoms with E-state index in [1.54, 1.807) is 21.3 Å². The fourth-order valence-corrected chi connectivity index (χ4v) is 2.10. The first-order chi connectivity index (χ1) is 11.9. The van der Waals surface area contributed by atoms with E-state index < -0.39 is 0 Å². The average molecular weight is 351 g/mol. The normalized spacial score (nSPS) is 12.2. The van der Waals surface area contributed by atoms with Gasteiger partial charge in [-0.1, -0.05) is 12.1 Å². The van der Waals surface area contributed by atoms with Gasteiger partial charge in [-0.15, -0.1) is 0 Å². The van der Waals surface area contributed by atoms with Gasteiger partial charge in [0, 0.05) is 52.9 Å². The van der Waals surface area contributed by atoms with Crippen LogP contribution in [0.25, 0.3) is 0 Å². The summed E-state index contributed by atoms with van der Waals surface area (Å²) in [5, 5.41) is 6.60. The van der Waals surface area contributed by atoms with Gasteiger partial charge in [0.1, 0.15) is 5.75 Å². The highest BCUT2D eigenvalue weighted by atomic mass is 16.5. The van der Waals surface area contributed by atoms with Crippen LogP contribution in [-0.4, -0.2) is 52.6 Å². The second-order valence-corrected chi connectivity index (χ2v) is 6.55. The maximum absolute atomic E-state index is 5.92. The first kappa shape index (κ1) is 21.3. The molecule has 25 heavy (non-hydrogen) atoms. The SMILES string of the molecule is CN=C(NCc1ccc(C)cc1OCCCOC)NCC(C)(C)OC. The monoisotopic (exact) mass is 351 g/mol. The highest BCUT2D eigenvalue weighted by molar-refractivity contribution is 5.79. The molecule has 0 amide bonds. The Morgan fingerprint density at radius 2 is 1.92 bits per heavy atom. The van der Waals surface area contributed by atoms with E-state index >= 15 is 0 Å². The van der Waals surface area contributed by atoms with Crippen molar-refractivity contribution in [3.63, 3.8) is 0 Å². The minimum atomic E-state index is -0.253. The van der Waals surface area contributed by atoms with Gasteiger partial charge in [0.2, 0.25) is 0 Å². The summed E-state index contributed by atoms with van der Waals surface area (Å²) >= 11 is 0. The van der Waals surface area contributed by atoms with Crippen LogP contribution in [0.15, 0.2) is 23.2 Å². The highest BCUT2D eigenvalue weighted by Crippen LogP contribution is 2.20. The van der Waals surface area contributed by atoms with Crippen molar-refractivity contribution in [3.8, 4) is 5.75 Å². The fourth-order valence-electron chi connectivity index (χ4n) is 2.10. The summed E-state index contributed by atoms with van der Waals surface area (Å²) in [4.78, 5) is 4.26. The van der Waals surface area contributed by atoms with Gasteiger partial charge in [0.25, 0.3) is 0 Å². The predicted octanol–water partition coefficient (Wildman–Crippen LogP) is 2.50. The second-order valence-electron chi connectivity index (χ2n) is 6.55. The van der Waals surface area contributed by atoms with Crippen LogP contribution in [0.4, 0.5) is 0 Å². The van der Waals surface area contributed by atoms with Crippen molar-refractivity contribution in [2.75, 3.05) is 41.0 Å². The van der Waals surface area contributed by atoms with Crippen LogP contribution in [-0.2, 0) is 16.0 Å². The number of rotatable bonds is 10. The number of guanidine groups is 1. The zero-order valence-electron chi connectivity index (χ0n) is 16.4. The number of methoxy groups -OCH3 is 2. The van der Waals surface area contributed by atoms with Gasteiger partial charge in [0.05, 0.1) is 12.2 Å². The molecule has 1 aromatic carbocycles. The summed E-state index contributed by atoms with van der Waals surface area (Å²) < 4.78 is 16.4. The fraction of sp³-hybridized carbons (Fsp3) is 0.632. The lowest BCUT2D eigenvalue weighted by molar-refractivity contribution is 0.0268. The Labute approximate surface area is 152 Å². The molecule has 0 fully saturated rings. The molecule has 0 bridgehead atoms. The summed E-state index contributed by atoms with van der Waals surface area (Å²) in [5.41, 5.74) is 2.02. The average Bonchev–Trinajstić information content (AvgIpc) is 2.60. The van der Waals surface area contributed by atoms with Crippen molar-refractivity contribution in [2.45, 2.75) is 39.3 Å². The third kappa shape index (κ3) is 8.23. The zero-order chi connectivity index (χ0) is 18.7. The predicted molar refractivity (Wildman–Crippen MR) is 102 cm³/mol. The quantitative estimate of drug-likeness (QED) is 0.385. The topological polar surface area (TPSA) is 64.1 Å². The van der Waals surface area contributed by atoms with Gasteiger partial charge in [-0.05, 0) is 32.4 Å². The molecule has 0 aliphatic heterocycles. The smallest absolute Gasteiger partial charge is 0.191 e. The van der Waals surface area contributed by atoms with Crippen LogP contribution in [0.3, 0.4) is 0 Å². The molecule has 0 aromatic heterocycles. The van der Waals surface area contributed by atoms with E-state index in [9.17, 15) is 0 Å². The molecule has 142 valence electrons. The zero-order valence-corrected chi connectivity index (χ0v) is 16.4. The Morgan fingerprint density at radius 3 is 2.56 bits per heavy atom. The van der Waals surface area contributed by atoms with Crippen LogP contribution in [0.5, 0.6) is 5.75 Å². The summed E-state index contributed by atoms with van der Waals surface area (Å²) in [6.07, 6.45) is 0.868. The van der Waals surface area contributed by atoms with E-state index in [2.05, 4.69) is 40.7 Å². The molecular weight excluding hydrogens is 318 g/mol. The number of hydrogen-bond donors (Lipinski definition) is 2. The van der Waals surface area contributed by atoms with Gasteiger partial charge in [-0.2, -0.15) is 0 Å². The largest absolute Gasteiger partial charge is 0.493 e. The van der Waals surface area contributed by atoms with Gasteiger partial charge in [-0.25, -0.2) is 0 Å². The first-order valence-corrected chi connectivity index (χ1v) is 8.63. The number of nitrogens with zero attached hydrogens (tertiary/aromatic N) is 1. The Morgan fingerprint density at radius 1 is 1.16 bits per heavy atom. The molecule has 0 unspecified atom stereocenters. The van der Waals surface area contributed by atoms with Gasteiger partial charge < -0.3 is 24.8 Å². The number of ether oxygens (including phenoxy) is 3. The third-order valence-electron chi connectivity index (χ3n) is 3.88. The van der Waals surface area contributed by atoms with Crippen molar-refractivity contribution >= 4 is 5.96 Å². The van der Waals surface area contributed by atoms with Crippen LogP contribution in [0.2, 0.25) is 0 Å². The van der Waals surface area contributed by atoms with E-state index in [1.807, 2.05) is 13.8 Å². The molecule has 6 nitrogen and oxygen atoms in total. The van der Waals surface area contributed by atoms with Crippen LogP contribution in [0, 0.1) is 6.92 Å². The van der Waals surface area contributed by atoms with Crippen LogP contribution in [0.1, 0.15) is 31.4 Å². The lowest BCUT2D eigenvalue weighted by atomic mass is 10.1. The Balaban J connectivity index is 2.62. The summed E-state index contributed by atoms with van der Waals surface area (Å²) in [5.74, 6) is 1.63. The van der Waals surface area contributed by atoms with E-state index in [0.717, 1.165) is 23.7 Å². The molecule has 2 N–H and O–H groups in total. The van der Waals surface area contributed by atoms with Crippen LogP contribution >= 0.6 is 0 Å². The van der Waals surface area contributed by atoms with Crippen molar-refractivity contribution < 1.29 is 14.2 Å². The molecule has 0 aliphatic rings. The Bertz CT molecular complexity index is 545. The molecule has 6 heteroatoms. The molecule has 0 saturated carbocycles. The van der Waals surface area contributed by atoms with Gasteiger partial charge in [-0.3, -0.25) is 4.99 Å². The van der Waals surface area contributed by atoms with E-state index in [4.69, 9.17) is 14.2 Å². The Hall–Kier alpha value is -1.79. The van der Waals surface area contributed by atoms with E-state index in [-0.39, 0.29) is 5.60 Å². The third-order valence-corrected chi connectivity index (χ3v) is 3.88. The number of hydrogen-bond acceptors (Lipinski definition) is 4. The van der Waals surface area contributed by atoms with E-state index in [0.29, 0.717) is 26.3 Å². The van der Waals surface area contributed by atoms with Crippen molar-refractivity contribution in [1.82, 2.24) is 10.6 Å². The number of aliphatic imine (C=N–C) groups is 1. The minimum Gasteiger partial charge on any atom is -0.493 e. The molecule has 0 spiro atoms. The van der Waals surface area contributed by atoms with Gasteiger partial charge in [0.15, 0.2) is 5.96 Å². The highest BCUT2D eigenvalue weighted by Gasteiger charge is 2.16. The first-order valence-electron chi connectivity index (χ1n) is 8.63. The van der Waals surface area contributed by atoms with Crippen molar-refractivity contribution in [3.05, 3.63) is 29.3 Å². The molecule has 0 heterocycles. The number of aryl methyl sites for hydroxylation is 1. The molecular formula is C19H33N3O3. The number of nitrogens with one attached hydrogen (secondary N) is 2. The molecule has 1 aromatic rings. The summed E-state index contributed by atoms with van der Waals surface area (Å²) in [7, 11) is 5.16. The molecule has 0 atom stereocenters. The van der Waals surface area contributed by atoms with Crippen molar-refractivity contribution in [1.29, 1.82) is 0 Å². The molecule has 0 saturated heterocycles. The standard InChI is InChI=1S/C19H33N3O3/c1-15-8-9-16(17(12-15)25-11-7-10-23-5)13-21-18(20-4)22-14-19(2,3)24-6/h8-9,12H,7,10-11,13-14H2,1-6H3,(H2,20,21,22). The maximum atomic E-state index is 5.92. The van der Waals surface area contributed by atoms with Crippen LogP contribution < -0.4 is 15.4 Å². The summed E-state index contributed by atoms with van der Waals surface area (Å²) in [6.45, 7) is 8.75. The second kappa shape index (κ2) is 10.9. The summed E-state index contributed by atoms with van der Waals surface area (Å²) in [6, 6.07) is 6.23. The van der Waals surface area contributed by atoms with E-state index in [1.165, 1.54) is 5.56 Å². The van der Waals surface area contributed by atoms with Gasteiger partial charge >= 0.3 is 0 Å². The molecule has 1 rings (SSSR count). The molecule has 0 radical (unpaired) electrons. The molecule has 0 aliphatic carbocycles. The number of benzene rings is 1. The van der Waals surface area contributed by atoms with Crippen molar-refractivity contribution in [2.24, 2.45) is 4.99 Å². The maximum Gasteiger partial charge on any atom is 0.191 e.